The second-order valence-electron chi connectivity index (χ2n) is 14.9. The van der Waals surface area contributed by atoms with Gasteiger partial charge in [0.2, 0.25) is 0 Å². The van der Waals surface area contributed by atoms with Crippen molar-refractivity contribution in [1.29, 1.82) is 0 Å². The molecule has 51 heavy (non-hydrogen) atoms. The molecule has 0 amide bonds. The lowest BCUT2D eigenvalue weighted by Gasteiger charge is -2.23. The third-order valence-electron chi connectivity index (χ3n) is 11.7. The first kappa shape index (κ1) is 28.6. The molecule has 0 N–H and O–H groups in total. The monoisotopic (exact) mass is 646 g/mol. The number of rotatable bonds is 3. The van der Waals surface area contributed by atoms with E-state index < -0.39 is 0 Å². The molecular formula is C51H34. The van der Waals surface area contributed by atoms with Gasteiger partial charge in [-0.05, 0) is 153 Å². The Balaban J connectivity index is 1.17. The Kier molecular flexibility index (Phi) is 5.82. The van der Waals surface area contributed by atoms with Crippen molar-refractivity contribution in [2.75, 3.05) is 0 Å². The molecule has 0 aliphatic heterocycles. The van der Waals surface area contributed by atoms with Crippen LogP contribution in [0.25, 0.3) is 99.1 Å². The second kappa shape index (κ2) is 10.4. The van der Waals surface area contributed by atoms with Gasteiger partial charge in [0.25, 0.3) is 0 Å². The average Bonchev–Trinajstić information content (AvgIpc) is 3.61. The minimum Gasteiger partial charge on any atom is -0.0622 e. The summed E-state index contributed by atoms with van der Waals surface area (Å²) in [6.45, 7) is 4.78. The SMILES string of the molecule is CC1(C)c2cc(-c3cc(-c4ccccc4)cc(-c4c5c(cc6ccccc46)-c4cccc6cccc-5c46)c3)ccc2-c2cc3ccccc3cc21. The third kappa shape index (κ3) is 4.08. The lowest BCUT2D eigenvalue weighted by molar-refractivity contribution is 0.661. The summed E-state index contributed by atoms with van der Waals surface area (Å²) in [6, 6.07) is 63.8. The van der Waals surface area contributed by atoms with Crippen LogP contribution in [0.1, 0.15) is 25.0 Å². The van der Waals surface area contributed by atoms with Crippen molar-refractivity contribution in [2.45, 2.75) is 19.3 Å². The Bertz CT molecular complexity index is 2920. The highest BCUT2D eigenvalue weighted by molar-refractivity contribution is 6.22. The van der Waals surface area contributed by atoms with E-state index in [4.69, 9.17) is 0 Å². The summed E-state index contributed by atoms with van der Waals surface area (Å²) in [5.74, 6) is 0. The van der Waals surface area contributed by atoms with Gasteiger partial charge in [-0.15, -0.1) is 0 Å². The molecule has 0 nitrogen and oxygen atoms in total. The van der Waals surface area contributed by atoms with Crippen molar-refractivity contribution in [2.24, 2.45) is 0 Å². The zero-order valence-corrected chi connectivity index (χ0v) is 28.7. The molecule has 0 fully saturated rings. The zero-order chi connectivity index (χ0) is 33.8. The molecule has 0 heterocycles. The van der Waals surface area contributed by atoms with E-state index in [0.29, 0.717) is 0 Å². The third-order valence-corrected chi connectivity index (χ3v) is 11.7. The summed E-state index contributed by atoms with van der Waals surface area (Å²) in [6.07, 6.45) is 0. The Labute approximate surface area is 298 Å². The standard InChI is InChI=1S/C51H34/c1-51(2)46-30-35(22-23-41(46)44-27-33-14-6-7-15-34(33)29-47(44)51)38-24-37(31-12-4-3-5-13-31)25-39(26-38)49-40-19-9-8-16-36(40)28-45-42-20-10-17-32-18-11-21-43(48(32)42)50(45)49/h3-30H,1-2H3. The molecule has 0 atom stereocenters. The van der Waals surface area contributed by atoms with Gasteiger partial charge in [-0.25, -0.2) is 0 Å². The maximum atomic E-state index is 2.47. The summed E-state index contributed by atoms with van der Waals surface area (Å²) < 4.78 is 0. The van der Waals surface area contributed by atoms with Gasteiger partial charge in [0.15, 0.2) is 0 Å². The summed E-state index contributed by atoms with van der Waals surface area (Å²) >= 11 is 0. The van der Waals surface area contributed by atoms with Gasteiger partial charge < -0.3 is 0 Å². The molecule has 0 radical (unpaired) electrons. The van der Waals surface area contributed by atoms with Crippen LogP contribution in [-0.2, 0) is 5.41 Å². The number of hydrogen-bond acceptors (Lipinski definition) is 0. The fraction of sp³-hybridized carbons (Fsp3) is 0.0588. The normalized spacial score (nSPS) is 13.5. The van der Waals surface area contributed by atoms with E-state index in [-0.39, 0.29) is 5.41 Å². The molecule has 0 bridgehead atoms. The Morgan fingerprint density at radius 3 is 1.73 bits per heavy atom. The maximum Gasteiger partial charge on any atom is 0.0159 e. The minimum atomic E-state index is -0.106. The van der Waals surface area contributed by atoms with E-state index in [1.54, 1.807) is 0 Å². The minimum absolute atomic E-state index is 0.106. The molecule has 0 heteroatoms. The molecule has 0 saturated carbocycles. The molecule has 11 rings (SSSR count). The predicted octanol–water partition coefficient (Wildman–Crippen LogP) is 14.1. The van der Waals surface area contributed by atoms with Crippen LogP contribution in [0, 0.1) is 0 Å². The van der Waals surface area contributed by atoms with E-state index in [9.17, 15) is 0 Å². The number of hydrogen-bond donors (Lipinski definition) is 0. The van der Waals surface area contributed by atoms with Crippen LogP contribution < -0.4 is 0 Å². The molecule has 0 saturated heterocycles. The van der Waals surface area contributed by atoms with Crippen molar-refractivity contribution in [3.8, 4) is 66.8 Å². The molecule has 0 unspecified atom stereocenters. The van der Waals surface area contributed by atoms with Gasteiger partial charge in [0, 0.05) is 5.41 Å². The topological polar surface area (TPSA) is 0 Å². The van der Waals surface area contributed by atoms with Crippen LogP contribution in [0.15, 0.2) is 170 Å². The summed E-state index contributed by atoms with van der Waals surface area (Å²) in [7, 11) is 0. The van der Waals surface area contributed by atoms with Crippen LogP contribution in [0.2, 0.25) is 0 Å². The number of benzene rings is 9. The van der Waals surface area contributed by atoms with Gasteiger partial charge in [-0.2, -0.15) is 0 Å². The fourth-order valence-corrected chi connectivity index (χ4v) is 9.25. The van der Waals surface area contributed by atoms with Crippen LogP contribution in [0.3, 0.4) is 0 Å². The Hall–Kier alpha value is -6.24. The van der Waals surface area contributed by atoms with Crippen LogP contribution in [0.4, 0.5) is 0 Å². The molecule has 0 spiro atoms. The lowest BCUT2D eigenvalue weighted by atomic mass is 9.80. The summed E-state index contributed by atoms with van der Waals surface area (Å²) in [5, 5.41) is 7.81. The first-order valence-corrected chi connectivity index (χ1v) is 18.0. The smallest absolute Gasteiger partial charge is 0.0159 e. The fourth-order valence-electron chi connectivity index (χ4n) is 9.25. The first-order chi connectivity index (χ1) is 25.0. The second-order valence-corrected chi connectivity index (χ2v) is 14.9. The van der Waals surface area contributed by atoms with E-state index >= 15 is 0 Å². The van der Waals surface area contributed by atoms with E-state index in [1.807, 2.05) is 0 Å². The average molecular weight is 647 g/mol. The molecule has 2 aliphatic carbocycles. The van der Waals surface area contributed by atoms with Crippen LogP contribution in [-0.4, -0.2) is 0 Å². The van der Waals surface area contributed by atoms with E-state index in [1.165, 1.54) is 110 Å². The Morgan fingerprint density at radius 2 is 0.922 bits per heavy atom. The van der Waals surface area contributed by atoms with Crippen molar-refractivity contribution < 1.29 is 0 Å². The van der Waals surface area contributed by atoms with Crippen molar-refractivity contribution >= 4 is 32.3 Å². The first-order valence-electron chi connectivity index (χ1n) is 18.0. The highest BCUT2D eigenvalue weighted by Crippen LogP contribution is 2.55. The van der Waals surface area contributed by atoms with Gasteiger partial charge in [0.1, 0.15) is 0 Å². The highest BCUT2D eigenvalue weighted by Gasteiger charge is 2.36. The summed E-state index contributed by atoms with van der Waals surface area (Å²) in [4.78, 5) is 0. The molecule has 238 valence electrons. The van der Waals surface area contributed by atoms with Crippen molar-refractivity contribution in [1.82, 2.24) is 0 Å². The van der Waals surface area contributed by atoms with Gasteiger partial charge in [0.05, 0.1) is 0 Å². The number of fused-ring (bicyclic) bond motifs is 8. The van der Waals surface area contributed by atoms with Gasteiger partial charge >= 0.3 is 0 Å². The maximum absolute atomic E-state index is 2.47. The molecule has 9 aromatic rings. The van der Waals surface area contributed by atoms with Gasteiger partial charge in [-0.1, -0.05) is 141 Å². The van der Waals surface area contributed by atoms with Crippen molar-refractivity contribution in [3.05, 3.63) is 181 Å². The molecule has 9 aromatic carbocycles. The predicted molar refractivity (Wildman–Crippen MR) is 217 cm³/mol. The van der Waals surface area contributed by atoms with E-state index in [2.05, 4.69) is 184 Å². The lowest BCUT2D eigenvalue weighted by Crippen LogP contribution is -2.15. The summed E-state index contributed by atoms with van der Waals surface area (Å²) in [5.41, 5.74) is 18.2. The molecule has 0 aromatic heterocycles. The van der Waals surface area contributed by atoms with Crippen molar-refractivity contribution in [3.63, 3.8) is 0 Å². The molecule has 2 aliphatic rings. The van der Waals surface area contributed by atoms with Crippen LogP contribution in [0.5, 0.6) is 0 Å². The quantitative estimate of drug-likeness (QED) is 0.179. The highest BCUT2D eigenvalue weighted by atomic mass is 14.4. The van der Waals surface area contributed by atoms with Crippen LogP contribution >= 0.6 is 0 Å². The van der Waals surface area contributed by atoms with Gasteiger partial charge in [-0.3, -0.25) is 0 Å². The largest absolute Gasteiger partial charge is 0.0622 e. The zero-order valence-electron chi connectivity index (χ0n) is 28.7. The Morgan fingerprint density at radius 1 is 0.314 bits per heavy atom. The molecular weight excluding hydrogens is 613 g/mol. The van der Waals surface area contributed by atoms with E-state index in [0.717, 1.165) is 0 Å².